The number of alkyl halides is 1. The fourth-order valence-electron chi connectivity index (χ4n) is 3.94. The van der Waals surface area contributed by atoms with Crippen molar-refractivity contribution in [1.29, 1.82) is 0 Å². The quantitative estimate of drug-likeness (QED) is 0.677. The highest BCUT2D eigenvalue weighted by molar-refractivity contribution is 9.09. The van der Waals surface area contributed by atoms with Crippen LogP contribution in [0, 0.1) is 5.41 Å². The molecule has 1 spiro atoms. The maximum atomic E-state index is 6.34. The van der Waals surface area contributed by atoms with Crippen LogP contribution in [-0.2, 0) is 0 Å². The van der Waals surface area contributed by atoms with E-state index in [-0.39, 0.29) is 0 Å². The molecule has 20 heavy (non-hydrogen) atoms. The van der Waals surface area contributed by atoms with Crippen molar-refractivity contribution in [1.82, 2.24) is 0 Å². The molecule has 2 aliphatic carbocycles. The predicted octanol–water partition coefficient (Wildman–Crippen LogP) is 5.31. The number of benzene rings is 2. The fourth-order valence-corrected chi connectivity index (χ4v) is 5.03. The molecule has 0 aliphatic heterocycles. The van der Waals surface area contributed by atoms with Crippen LogP contribution in [0.1, 0.15) is 32.1 Å². The molecule has 0 aromatic heterocycles. The molecule has 104 valence electrons. The van der Waals surface area contributed by atoms with E-state index in [0.29, 0.717) is 16.3 Å². The molecule has 2 fully saturated rings. The van der Waals surface area contributed by atoms with Crippen molar-refractivity contribution in [3.05, 3.63) is 42.5 Å². The van der Waals surface area contributed by atoms with Gasteiger partial charge in [0.25, 0.3) is 0 Å². The average Bonchev–Trinajstić information content (AvgIpc) is 2.99. The van der Waals surface area contributed by atoms with Gasteiger partial charge in [-0.2, -0.15) is 0 Å². The third kappa shape index (κ3) is 1.88. The Bertz CT molecular complexity index is 630. The summed E-state index contributed by atoms with van der Waals surface area (Å²) >= 11 is 3.86. The van der Waals surface area contributed by atoms with Crippen LogP contribution in [0.5, 0.6) is 5.75 Å². The number of fused-ring (bicyclic) bond motifs is 1. The van der Waals surface area contributed by atoms with E-state index >= 15 is 0 Å². The van der Waals surface area contributed by atoms with E-state index in [1.165, 1.54) is 36.5 Å². The number of hydrogen-bond donors (Lipinski definition) is 0. The highest BCUT2D eigenvalue weighted by Gasteiger charge is 2.56. The topological polar surface area (TPSA) is 9.23 Å². The van der Waals surface area contributed by atoms with Crippen molar-refractivity contribution in [3.63, 3.8) is 0 Å². The van der Waals surface area contributed by atoms with E-state index in [1.807, 2.05) is 0 Å². The second kappa shape index (κ2) is 4.77. The number of ether oxygens (including phenoxy) is 1. The maximum absolute atomic E-state index is 6.34. The van der Waals surface area contributed by atoms with Gasteiger partial charge in [0.15, 0.2) is 0 Å². The lowest BCUT2D eigenvalue weighted by Crippen LogP contribution is -2.55. The van der Waals surface area contributed by atoms with Gasteiger partial charge in [-0.15, -0.1) is 0 Å². The van der Waals surface area contributed by atoms with E-state index in [2.05, 4.69) is 58.4 Å². The first-order chi connectivity index (χ1) is 9.78. The Morgan fingerprint density at radius 2 is 1.75 bits per heavy atom. The molecule has 0 bridgehead atoms. The zero-order valence-electron chi connectivity index (χ0n) is 11.5. The second-order valence-corrected chi connectivity index (χ2v) is 7.36. The van der Waals surface area contributed by atoms with Crippen molar-refractivity contribution in [2.24, 2.45) is 5.41 Å². The first kappa shape index (κ1) is 12.7. The summed E-state index contributed by atoms with van der Waals surface area (Å²) < 4.78 is 6.34. The Balaban J connectivity index is 1.58. The number of halogens is 1. The van der Waals surface area contributed by atoms with Gasteiger partial charge in [-0.3, -0.25) is 0 Å². The van der Waals surface area contributed by atoms with Crippen molar-refractivity contribution in [2.75, 3.05) is 0 Å². The van der Waals surface area contributed by atoms with E-state index in [4.69, 9.17) is 4.74 Å². The van der Waals surface area contributed by atoms with Crippen LogP contribution in [0.2, 0.25) is 0 Å². The summed E-state index contributed by atoms with van der Waals surface area (Å²) in [5.41, 5.74) is 0.408. The molecule has 0 amide bonds. The summed E-state index contributed by atoms with van der Waals surface area (Å²) in [7, 11) is 0. The van der Waals surface area contributed by atoms with Gasteiger partial charge < -0.3 is 4.74 Å². The monoisotopic (exact) mass is 330 g/mol. The molecule has 0 saturated heterocycles. The van der Waals surface area contributed by atoms with Crippen LogP contribution in [0.15, 0.2) is 42.5 Å². The second-order valence-electron chi connectivity index (χ2n) is 6.26. The maximum Gasteiger partial charge on any atom is 0.120 e. The Hall–Kier alpha value is -1.02. The minimum Gasteiger partial charge on any atom is -0.490 e. The molecule has 2 aliphatic rings. The van der Waals surface area contributed by atoms with Crippen LogP contribution in [0.25, 0.3) is 10.8 Å². The SMILES string of the molecule is BrC1CC(Oc2ccc3ccccc3c2)C12CCCC2. The lowest BCUT2D eigenvalue weighted by atomic mass is 9.64. The average molecular weight is 331 g/mol. The van der Waals surface area contributed by atoms with E-state index in [0.717, 1.165) is 12.2 Å². The summed E-state index contributed by atoms with van der Waals surface area (Å²) in [6, 6.07) is 14.9. The molecule has 0 radical (unpaired) electrons. The summed E-state index contributed by atoms with van der Waals surface area (Å²) in [5.74, 6) is 1.03. The first-order valence-corrected chi connectivity index (χ1v) is 8.49. The predicted molar refractivity (Wildman–Crippen MR) is 86.6 cm³/mol. The zero-order chi connectivity index (χ0) is 13.6. The molecule has 0 N–H and O–H groups in total. The van der Waals surface area contributed by atoms with Gasteiger partial charge in [0.05, 0.1) is 0 Å². The Kier molecular flexibility index (Phi) is 3.03. The van der Waals surface area contributed by atoms with Gasteiger partial charge in [-0.25, -0.2) is 0 Å². The van der Waals surface area contributed by atoms with Gasteiger partial charge in [0, 0.05) is 10.2 Å². The molecular formula is C18H19BrO. The Morgan fingerprint density at radius 3 is 2.50 bits per heavy atom. The van der Waals surface area contributed by atoms with Gasteiger partial charge in [-0.05, 0) is 42.2 Å². The van der Waals surface area contributed by atoms with Gasteiger partial charge in [-0.1, -0.05) is 59.1 Å². The van der Waals surface area contributed by atoms with E-state index in [9.17, 15) is 0 Å². The fraction of sp³-hybridized carbons (Fsp3) is 0.444. The zero-order valence-corrected chi connectivity index (χ0v) is 13.1. The third-order valence-corrected chi connectivity index (χ3v) is 6.51. The molecule has 2 aromatic carbocycles. The molecule has 1 nitrogen and oxygen atoms in total. The van der Waals surface area contributed by atoms with Crippen molar-refractivity contribution in [2.45, 2.75) is 43.0 Å². The molecule has 0 heterocycles. The molecule has 2 atom stereocenters. The van der Waals surface area contributed by atoms with Crippen LogP contribution < -0.4 is 4.74 Å². The lowest BCUT2D eigenvalue weighted by Gasteiger charge is -2.51. The smallest absolute Gasteiger partial charge is 0.120 e. The van der Waals surface area contributed by atoms with Crippen LogP contribution >= 0.6 is 15.9 Å². The molecule has 2 aromatic rings. The van der Waals surface area contributed by atoms with E-state index < -0.39 is 0 Å². The Morgan fingerprint density at radius 1 is 1.00 bits per heavy atom. The number of rotatable bonds is 2. The van der Waals surface area contributed by atoms with Crippen LogP contribution in [0.4, 0.5) is 0 Å². The third-order valence-electron chi connectivity index (χ3n) is 5.22. The van der Waals surface area contributed by atoms with Crippen LogP contribution in [-0.4, -0.2) is 10.9 Å². The molecule has 2 unspecified atom stereocenters. The number of hydrogen-bond acceptors (Lipinski definition) is 1. The highest BCUT2D eigenvalue weighted by Crippen LogP contribution is 2.57. The van der Waals surface area contributed by atoms with Crippen molar-refractivity contribution in [3.8, 4) is 5.75 Å². The largest absolute Gasteiger partial charge is 0.490 e. The minimum absolute atomic E-state index is 0.399. The summed E-state index contributed by atoms with van der Waals surface area (Å²) in [6.07, 6.45) is 6.91. The molecule has 2 saturated carbocycles. The van der Waals surface area contributed by atoms with Gasteiger partial charge >= 0.3 is 0 Å². The van der Waals surface area contributed by atoms with Gasteiger partial charge in [0.1, 0.15) is 11.9 Å². The van der Waals surface area contributed by atoms with Gasteiger partial charge in [0.2, 0.25) is 0 Å². The molecule has 2 heteroatoms. The molecule has 4 rings (SSSR count). The standard InChI is InChI=1S/C18H19BrO/c19-16-12-17(18(16)9-3-4-10-18)20-15-8-7-13-5-1-2-6-14(13)11-15/h1-2,5-8,11,16-17H,3-4,9-10,12H2. The Labute approximate surface area is 128 Å². The molecular weight excluding hydrogens is 312 g/mol. The first-order valence-electron chi connectivity index (χ1n) is 7.57. The summed E-state index contributed by atoms with van der Waals surface area (Å²) in [5, 5.41) is 2.54. The summed E-state index contributed by atoms with van der Waals surface area (Å²) in [4.78, 5) is 0.656. The lowest BCUT2D eigenvalue weighted by molar-refractivity contribution is -0.0303. The van der Waals surface area contributed by atoms with E-state index in [1.54, 1.807) is 0 Å². The summed E-state index contributed by atoms with van der Waals surface area (Å²) in [6.45, 7) is 0. The highest BCUT2D eigenvalue weighted by atomic mass is 79.9. The van der Waals surface area contributed by atoms with Crippen molar-refractivity contribution >= 4 is 26.7 Å². The minimum atomic E-state index is 0.399. The van der Waals surface area contributed by atoms with Crippen LogP contribution in [0.3, 0.4) is 0 Å². The normalized spacial score (nSPS) is 27.6. The van der Waals surface area contributed by atoms with Crippen molar-refractivity contribution < 1.29 is 4.74 Å².